The van der Waals surface area contributed by atoms with Crippen molar-refractivity contribution in [1.82, 2.24) is 10.0 Å². The fourth-order valence-corrected chi connectivity index (χ4v) is 3.99. The van der Waals surface area contributed by atoms with Gasteiger partial charge in [-0.25, -0.2) is 9.78 Å². The van der Waals surface area contributed by atoms with Gasteiger partial charge >= 0.3 is 5.97 Å². The van der Waals surface area contributed by atoms with Crippen LogP contribution in [0.25, 0.3) is 10.6 Å². The van der Waals surface area contributed by atoms with Crippen LogP contribution in [0, 0.1) is 6.92 Å². The number of hydrogen-bond acceptors (Lipinski definition) is 8. The Balaban J connectivity index is 1.59. The molecule has 8 nitrogen and oxygen atoms in total. The Labute approximate surface area is 175 Å². The van der Waals surface area contributed by atoms with Crippen LogP contribution in [0.15, 0.2) is 42.5 Å². The zero-order valence-electron chi connectivity index (χ0n) is 16.3. The van der Waals surface area contributed by atoms with Crippen molar-refractivity contribution in [2.24, 2.45) is 0 Å². The molecule has 3 aromatic rings. The first-order valence-electron chi connectivity index (χ1n) is 8.84. The van der Waals surface area contributed by atoms with Crippen molar-refractivity contribution in [2.45, 2.75) is 6.92 Å². The standard InChI is InChI=1S/C21H16N2O6S/c1-11-17(30-18(22-11)12-8-9-15(27-2)16(10-12)28-3)21(26)29-23-19(24)13-6-4-5-7-14(13)20(23)25/h4-10H,1-3H3. The number of fused-ring (bicyclic) bond motifs is 1. The molecule has 1 aliphatic rings. The number of thiazole rings is 1. The van der Waals surface area contributed by atoms with Gasteiger partial charge in [-0.1, -0.05) is 17.2 Å². The smallest absolute Gasteiger partial charge is 0.375 e. The van der Waals surface area contributed by atoms with E-state index in [1.165, 1.54) is 19.2 Å². The summed E-state index contributed by atoms with van der Waals surface area (Å²) in [7, 11) is 3.07. The lowest BCUT2D eigenvalue weighted by atomic mass is 10.1. The first-order chi connectivity index (χ1) is 14.4. The number of imide groups is 1. The SMILES string of the molecule is COc1ccc(-c2nc(C)c(C(=O)ON3C(=O)c4ccccc4C3=O)s2)cc1OC. The molecule has 2 aromatic carbocycles. The van der Waals surface area contributed by atoms with Crippen LogP contribution in [0.1, 0.15) is 36.1 Å². The Kier molecular flexibility index (Phi) is 4.96. The second-order valence-electron chi connectivity index (χ2n) is 6.33. The number of aromatic nitrogens is 1. The zero-order valence-corrected chi connectivity index (χ0v) is 17.1. The van der Waals surface area contributed by atoms with Gasteiger partial charge in [0.25, 0.3) is 11.8 Å². The molecule has 0 radical (unpaired) electrons. The number of hydroxylamine groups is 2. The second kappa shape index (κ2) is 7.60. The first-order valence-corrected chi connectivity index (χ1v) is 9.66. The molecule has 0 fully saturated rings. The first kappa shape index (κ1) is 19.6. The van der Waals surface area contributed by atoms with Gasteiger partial charge in [0, 0.05) is 5.56 Å². The number of amides is 2. The van der Waals surface area contributed by atoms with E-state index in [-0.39, 0.29) is 16.0 Å². The molecule has 0 aliphatic carbocycles. The average molecular weight is 424 g/mol. The largest absolute Gasteiger partial charge is 0.493 e. The number of nitrogens with zero attached hydrogens (tertiary/aromatic N) is 2. The molecule has 2 heterocycles. The molecule has 30 heavy (non-hydrogen) atoms. The number of aryl methyl sites for hydroxylation is 1. The Morgan fingerprint density at radius 3 is 2.20 bits per heavy atom. The van der Waals surface area contributed by atoms with E-state index in [4.69, 9.17) is 14.3 Å². The van der Waals surface area contributed by atoms with Crippen molar-refractivity contribution >= 4 is 29.1 Å². The van der Waals surface area contributed by atoms with Gasteiger partial charge in [-0.2, -0.15) is 0 Å². The summed E-state index contributed by atoms with van der Waals surface area (Å²) < 4.78 is 10.5. The highest BCUT2D eigenvalue weighted by molar-refractivity contribution is 7.17. The Morgan fingerprint density at radius 2 is 1.60 bits per heavy atom. The second-order valence-corrected chi connectivity index (χ2v) is 7.33. The number of rotatable bonds is 5. The van der Waals surface area contributed by atoms with Crippen molar-refractivity contribution in [3.63, 3.8) is 0 Å². The highest BCUT2D eigenvalue weighted by Crippen LogP contribution is 2.35. The van der Waals surface area contributed by atoms with Gasteiger partial charge in [-0.15, -0.1) is 11.3 Å². The van der Waals surface area contributed by atoms with Crippen LogP contribution in [0.4, 0.5) is 0 Å². The molecule has 0 saturated carbocycles. The van der Waals surface area contributed by atoms with Gasteiger partial charge in [-0.3, -0.25) is 9.59 Å². The maximum atomic E-state index is 12.7. The molecule has 0 bridgehead atoms. The maximum Gasteiger partial charge on any atom is 0.375 e. The summed E-state index contributed by atoms with van der Waals surface area (Å²) in [4.78, 5) is 47.2. The minimum absolute atomic E-state index is 0.191. The van der Waals surface area contributed by atoms with Crippen LogP contribution >= 0.6 is 11.3 Å². The van der Waals surface area contributed by atoms with E-state index in [9.17, 15) is 14.4 Å². The molecule has 1 aliphatic heterocycles. The molecule has 0 N–H and O–H groups in total. The highest BCUT2D eigenvalue weighted by atomic mass is 32.1. The third kappa shape index (κ3) is 3.18. The summed E-state index contributed by atoms with van der Waals surface area (Å²) in [5.41, 5.74) is 1.54. The summed E-state index contributed by atoms with van der Waals surface area (Å²) >= 11 is 1.09. The monoisotopic (exact) mass is 424 g/mol. The van der Waals surface area contributed by atoms with E-state index in [2.05, 4.69) is 4.98 Å². The summed E-state index contributed by atoms with van der Waals surface area (Å²) in [6, 6.07) is 11.6. The number of hydrogen-bond donors (Lipinski definition) is 0. The Bertz CT molecular complexity index is 1150. The van der Waals surface area contributed by atoms with Crippen LogP contribution < -0.4 is 9.47 Å². The highest BCUT2D eigenvalue weighted by Gasteiger charge is 2.39. The molecule has 9 heteroatoms. The van der Waals surface area contributed by atoms with Crippen molar-refractivity contribution in [1.29, 1.82) is 0 Å². The van der Waals surface area contributed by atoms with Crippen LogP contribution in [0.3, 0.4) is 0 Å². The predicted octanol–water partition coefficient (Wildman–Crippen LogP) is 3.50. The fraction of sp³-hybridized carbons (Fsp3) is 0.143. The van der Waals surface area contributed by atoms with Crippen molar-refractivity contribution in [2.75, 3.05) is 14.2 Å². The Hall–Kier alpha value is -3.72. The molecular weight excluding hydrogens is 408 g/mol. The number of methoxy groups -OCH3 is 2. The Morgan fingerprint density at radius 1 is 0.967 bits per heavy atom. The summed E-state index contributed by atoms with van der Waals surface area (Å²) in [6.45, 7) is 1.65. The van der Waals surface area contributed by atoms with E-state index < -0.39 is 17.8 Å². The van der Waals surface area contributed by atoms with Gasteiger partial charge in [0.2, 0.25) is 0 Å². The molecule has 0 atom stereocenters. The number of benzene rings is 2. The molecule has 0 unspecified atom stereocenters. The minimum Gasteiger partial charge on any atom is -0.493 e. The van der Waals surface area contributed by atoms with Crippen LogP contribution in [-0.2, 0) is 4.84 Å². The van der Waals surface area contributed by atoms with Crippen LogP contribution in [0.2, 0.25) is 0 Å². The normalized spacial score (nSPS) is 12.7. The van der Waals surface area contributed by atoms with Crippen LogP contribution in [-0.4, -0.2) is 42.1 Å². The van der Waals surface area contributed by atoms with Crippen molar-refractivity contribution in [3.05, 3.63) is 64.2 Å². The summed E-state index contributed by atoms with van der Waals surface area (Å²) in [6.07, 6.45) is 0. The van der Waals surface area contributed by atoms with E-state index in [1.54, 1.807) is 44.4 Å². The minimum atomic E-state index is -0.828. The van der Waals surface area contributed by atoms with Gasteiger partial charge in [-0.05, 0) is 37.3 Å². The molecule has 1 aromatic heterocycles. The quantitative estimate of drug-likeness (QED) is 0.579. The van der Waals surface area contributed by atoms with E-state index in [0.717, 1.165) is 16.9 Å². The lowest BCUT2D eigenvalue weighted by Crippen LogP contribution is -2.32. The molecular formula is C21H16N2O6S. The molecule has 0 saturated heterocycles. The fourth-order valence-electron chi connectivity index (χ4n) is 3.05. The van der Waals surface area contributed by atoms with Gasteiger partial charge in [0.15, 0.2) is 11.5 Å². The number of carbonyl (C=O) groups excluding carboxylic acids is 3. The topological polar surface area (TPSA) is 95.0 Å². The van der Waals surface area contributed by atoms with Crippen molar-refractivity contribution in [3.8, 4) is 22.1 Å². The molecule has 152 valence electrons. The molecule has 0 spiro atoms. The summed E-state index contributed by atoms with van der Waals surface area (Å²) in [5.74, 6) is -1.08. The van der Waals surface area contributed by atoms with Crippen LogP contribution in [0.5, 0.6) is 11.5 Å². The lowest BCUT2D eigenvalue weighted by molar-refractivity contribution is -0.0581. The van der Waals surface area contributed by atoms with Gasteiger partial charge < -0.3 is 14.3 Å². The van der Waals surface area contributed by atoms with E-state index >= 15 is 0 Å². The predicted molar refractivity (Wildman–Crippen MR) is 108 cm³/mol. The van der Waals surface area contributed by atoms with Crippen molar-refractivity contribution < 1.29 is 28.7 Å². The van der Waals surface area contributed by atoms with E-state index in [1.807, 2.05) is 0 Å². The van der Waals surface area contributed by atoms with E-state index in [0.29, 0.717) is 27.3 Å². The number of carbonyl (C=O) groups is 3. The van der Waals surface area contributed by atoms with Gasteiger partial charge in [0.1, 0.15) is 9.88 Å². The lowest BCUT2D eigenvalue weighted by Gasteiger charge is -2.11. The third-order valence-corrected chi connectivity index (χ3v) is 5.73. The molecule has 2 amide bonds. The number of ether oxygens (including phenoxy) is 2. The average Bonchev–Trinajstić information content (AvgIpc) is 3.27. The summed E-state index contributed by atoms with van der Waals surface area (Å²) in [5, 5.41) is 1.05. The molecule has 4 rings (SSSR count). The van der Waals surface area contributed by atoms with Gasteiger partial charge in [0.05, 0.1) is 31.0 Å². The maximum absolute atomic E-state index is 12.7. The zero-order chi connectivity index (χ0) is 21.4. The third-order valence-electron chi connectivity index (χ3n) is 4.54.